The molecule has 0 amide bonds. The highest BCUT2D eigenvalue weighted by atomic mass is 35.5. The number of nitriles is 1. The second-order valence-corrected chi connectivity index (χ2v) is 5.03. The molecule has 2 N–H and O–H groups in total. The van der Waals surface area contributed by atoms with E-state index in [1.54, 1.807) is 12.1 Å². The van der Waals surface area contributed by atoms with E-state index in [1.165, 1.54) is 23.0 Å². The fourth-order valence-corrected chi connectivity index (χ4v) is 2.36. The quantitative estimate of drug-likeness (QED) is 0.770. The van der Waals surface area contributed by atoms with Crippen LogP contribution in [-0.4, -0.2) is 26.5 Å². The van der Waals surface area contributed by atoms with Gasteiger partial charge in [-0.15, -0.1) is 17.5 Å². The normalized spacial score (nSPS) is 11.2. The third-order valence-electron chi connectivity index (χ3n) is 3.41. The van der Waals surface area contributed by atoms with Gasteiger partial charge in [-0.25, -0.2) is 13.5 Å². The van der Waals surface area contributed by atoms with Gasteiger partial charge in [0.15, 0.2) is 0 Å². The highest BCUT2D eigenvalue weighted by molar-refractivity contribution is 5.92. The maximum atomic E-state index is 13.7. The van der Waals surface area contributed by atoms with Crippen molar-refractivity contribution in [1.29, 1.82) is 5.26 Å². The standard InChI is InChI=1S/C16H12F2N6.ClH/c17-12(1-2-19)9-24-15-4-10(6-20)3-14(16(15)22-23-24)11-5-13(18)8-21-7-11;/h1,3-5,7-8H,2,9,19H2;1H/b12-1-;. The third-order valence-corrected chi connectivity index (χ3v) is 3.41. The van der Waals surface area contributed by atoms with E-state index in [9.17, 15) is 14.0 Å². The van der Waals surface area contributed by atoms with Crippen molar-refractivity contribution in [2.24, 2.45) is 5.73 Å². The number of pyridine rings is 1. The number of aromatic nitrogens is 4. The summed E-state index contributed by atoms with van der Waals surface area (Å²) in [6, 6.07) is 6.45. The number of nitrogens with zero attached hydrogens (tertiary/aromatic N) is 5. The Morgan fingerprint density at radius 2 is 2.12 bits per heavy atom. The predicted octanol–water partition coefficient (Wildman–Crippen LogP) is 2.74. The summed E-state index contributed by atoms with van der Waals surface area (Å²) < 4.78 is 28.5. The fourth-order valence-electron chi connectivity index (χ4n) is 2.36. The minimum absolute atomic E-state index is 0. The summed E-state index contributed by atoms with van der Waals surface area (Å²) in [4.78, 5) is 3.81. The molecule has 0 aliphatic rings. The zero-order valence-corrected chi connectivity index (χ0v) is 13.7. The lowest BCUT2D eigenvalue weighted by Crippen LogP contribution is -2.03. The molecule has 3 rings (SSSR count). The second-order valence-electron chi connectivity index (χ2n) is 5.03. The van der Waals surface area contributed by atoms with Crippen LogP contribution in [0.25, 0.3) is 22.2 Å². The first-order chi connectivity index (χ1) is 11.6. The van der Waals surface area contributed by atoms with E-state index in [2.05, 4.69) is 15.3 Å². The molecule has 0 unspecified atom stereocenters. The smallest absolute Gasteiger partial charge is 0.142 e. The van der Waals surface area contributed by atoms with Crippen LogP contribution in [0.15, 0.2) is 42.5 Å². The van der Waals surface area contributed by atoms with Gasteiger partial charge in [-0.1, -0.05) is 5.21 Å². The molecule has 0 spiro atoms. The van der Waals surface area contributed by atoms with Crippen molar-refractivity contribution in [3.63, 3.8) is 0 Å². The van der Waals surface area contributed by atoms with Crippen LogP contribution in [0.3, 0.4) is 0 Å². The molecule has 0 bridgehead atoms. The van der Waals surface area contributed by atoms with Gasteiger partial charge in [-0.2, -0.15) is 5.26 Å². The molecule has 3 aromatic rings. The molecule has 0 saturated carbocycles. The van der Waals surface area contributed by atoms with Gasteiger partial charge in [0.25, 0.3) is 0 Å². The number of hydrogen-bond acceptors (Lipinski definition) is 5. The monoisotopic (exact) mass is 362 g/mol. The summed E-state index contributed by atoms with van der Waals surface area (Å²) in [7, 11) is 0. The van der Waals surface area contributed by atoms with Crippen LogP contribution in [-0.2, 0) is 6.54 Å². The van der Waals surface area contributed by atoms with Crippen LogP contribution in [0.4, 0.5) is 8.78 Å². The van der Waals surface area contributed by atoms with Gasteiger partial charge in [0.05, 0.1) is 29.9 Å². The Hall–Kier alpha value is -2.89. The van der Waals surface area contributed by atoms with E-state index in [0.29, 0.717) is 27.7 Å². The van der Waals surface area contributed by atoms with Gasteiger partial charge in [0, 0.05) is 23.9 Å². The lowest BCUT2D eigenvalue weighted by atomic mass is 10.0. The Bertz CT molecular complexity index is 976. The molecule has 0 radical (unpaired) electrons. The molecule has 128 valence electrons. The summed E-state index contributed by atoms with van der Waals surface area (Å²) in [6.45, 7) is -0.0778. The zero-order valence-electron chi connectivity index (χ0n) is 12.9. The van der Waals surface area contributed by atoms with Crippen LogP contribution in [0.1, 0.15) is 5.56 Å². The van der Waals surface area contributed by atoms with E-state index >= 15 is 0 Å². The lowest BCUT2D eigenvalue weighted by Gasteiger charge is -2.05. The van der Waals surface area contributed by atoms with Crippen molar-refractivity contribution in [1.82, 2.24) is 20.0 Å². The van der Waals surface area contributed by atoms with Crippen LogP contribution >= 0.6 is 12.4 Å². The Morgan fingerprint density at radius 3 is 2.80 bits per heavy atom. The minimum Gasteiger partial charge on any atom is -0.327 e. The van der Waals surface area contributed by atoms with Crippen molar-refractivity contribution < 1.29 is 8.78 Å². The van der Waals surface area contributed by atoms with Crippen molar-refractivity contribution >= 4 is 23.4 Å². The zero-order chi connectivity index (χ0) is 17.1. The van der Waals surface area contributed by atoms with Crippen molar-refractivity contribution in [2.45, 2.75) is 6.54 Å². The molecule has 0 aliphatic heterocycles. The highest BCUT2D eigenvalue weighted by Gasteiger charge is 2.14. The molecular formula is C16H13ClF2N6. The maximum Gasteiger partial charge on any atom is 0.142 e. The number of allylic oxidation sites excluding steroid dienone is 1. The van der Waals surface area contributed by atoms with E-state index in [1.807, 2.05) is 6.07 Å². The number of halogens is 3. The molecule has 1 aromatic carbocycles. The number of fused-ring (bicyclic) bond motifs is 1. The predicted molar refractivity (Wildman–Crippen MR) is 90.9 cm³/mol. The van der Waals surface area contributed by atoms with Crippen molar-refractivity contribution in [3.05, 3.63) is 53.9 Å². The van der Waals surface area contributed by atoms with Gasteiger partial charge < -0.3 is 5.73 Å². The molecule has 2 aromatic heterocycles. The fraction of sp³-hybridized carbons (Fsp3) is 0.125. The number of benzene rings is 1. The van der Waals surface area contributed by atoms with Crippen LogP contribution in [0.5, 0.6) is 0 Å². The summed E-state index contributed by atoms with van der Waals surface area (Å²) in [6.07, 6.45) is 3.78. The molecular weight excluding hydrogens is 350 g/mol. The lowest BCUT2D eigenvalue weighted by molar-refractivity contribution is 0.524. The van der Waals surface area contributed by atoms with Gasteiger partial charge in [-0.3, -0.25) is 4.98 Å². The van der Waals surface area contributed by atoms with Gasteiger partial charge in [-0.05, 0) is 24.3 Å². The molecule has 9 heteroatoms. The van der Waals surface area contributed by atoms with E-state index in [-0.39, 0.29) is 25.5 Å². The van der Waals surface area contributed by atoms with E-state index in [0.717, 1.165) is 6.20 Å². The average Bonchev–Trinajstić information content (AvgIpc) is 2.97. The molecule has 0 saturated heterocycles. The van der Waals surface area contributed by atoms with Crippen molar-refractivity contribution in [2.75, 3.05) is 6.54 Å². The van der Waals surface area contributed by atoms with Crippen LogP contribution < -0.4 is 5.73 Å². The first kappa shape index (κ1) is 18.4. The van der Waals surface area contributed by atoms with Crippen LogP contribution in [0, 0.1) is 17.1 Å². The SMILES string of the molecule is Cl.N#Cc1cc(-c2cncc(F)c2)c2nnn(C/C(F)=C/CN)c2c1. The third kappa shape index (κ3) is 3.79. The number of rotatable bonds is 4. The second kappa shape index (κ2) is 7.79. The number of hydrogen-bond donors (Lipinski definition) is 1. The van der Waals surface area contributed by atoms with Crippen LogP contribution in [0.2, 0.25) is 0 Å². The molecule has 0 fully saturated rings. The molecule has 2 heterocycles. The summed E-state index contributed by atoms with van der Waals surface area (Å²) in [5.74, 6) is -0.965. The largest absolute Gasteiger partial charge is 0.327 e. The maximum absolute atomic E-state index is 13.7. The average molecular weight is 363 g/mol. The first-order valence-electron chi connectivity index (χ1n) is 7.05. The summed E-state index contributed by atoms with van der Waals surface area (Å²) in [5.41, 5.74) is 7.48. The first-order valence-corrected chi connectivity index (χ1v) is 7.05. The van der Waals surface area contributed by atoms with E-state index < -0.39 is 11.6 Å². The molecule has 0 aliphatic carbocycles. The van der Waals surface area contributed by atoms with Gasteiger partial charge in [0.1, 0.15) is 17.2 Å². The Kier molecular flexibility index (Phi) is 5.75. The van der Waals surface area contributed by atoms with Crippen molar-refractivity contribution in [3.8, 4) is 17.2 Å². The highest BCUT2D eigenvalue weighted by Crippen LogP contribution is 2.29. The van der Waals surface area contributed by atoms with Gasteiger partial charge in [0.2, 0.25) is 0 Å². The molecule has 6 nitrogen and oxygen atoms in total. The Morgan fingerprint density at radius 1 is 1.32 bits per heavy atom. The summed E-state index contributed by atoms with van der Waals surface area (Å²) >= 11 is 0. The summed E-state index contributed by atoms with van der Waals surface area (Å²) in [5, 5.41) is 17.2. The molecule has 0 atom stereocenters. The topological polar surface area (TPSA) is 93.4 Å². The number of nitrogens with two attached hydrogens (primary N) is 1. The van der Waals surface area contributed by atoms with E-state index in [4.69, 9.17) is 5.73 Å². The molecule has 25 heavy (non-hydrogen) atoms. The Balaban J connectivity index is 0.00000225. The minimum atomic E-state index is -0.507. The van der Waals surface area contributed by atoms with Gasteiger partial charge >= 0.3 is 0 Å². The Labute approximate surface area is 148 Å².